The van der Waals surface area contributed by atoms with E-state index in [1.54, 1.807) is 6.08 Å². The summed E-state index contributed by atoms with van der Waals surface area (Å²) in [6.07, 6.45) is 11.2. The van der Waals surface area contributed by atoms with E-state index >= 15 is 0 Å². The average molecular weight is 247 g/mol. The predicted molar refractivity (Wildman–Crippen MR) is 73.1 cm³/mol. The van der Waals surface area contributed by atoms with E-state index in [9.17, 15) is 4.79 Å². The first-order valence-electron chi connectivity index (χ1n) is 7.31. The monoisotopic (exact) mass is 247 g/mol. The van der Waals surface area contributed by atoms with Crippen LogP contribution in [-0.2, 0) is 4.79 Å². The highest BCUT2D eigenvalue weighted by molar-refractivity contribution is 5.88. The molecule has 4 saturated carbocycles. The van der Waals surface area contributed by atoms with Crippen molar-refractivity contribution in [3.63, 3.8) is 0 Å². The van der Waals surface area contributed by atoms with Gasteiger partial charge in [-0.15, -0.1) is 0 Å². The molecule has 4 aliphatic carbocycles. The first-order valence-corrected chi connectivity index (χ1v) is 7.31. The molecule has 1 amide bonds. The number of carbonyl (C=O) groups is 1. The smallest absolute Gasteiger partial charge is 0.244 e. The molecular formula is C16H25NO. The molecule has 4 fully saturated rings. The highest BCUT2D eigenvalue weighted by atomic mass is 16.1. The van der Waals surface area contributed by atoms with Gasteiger partial charge in [0.25, 0.3) is 0 Å². The van der Waals surface area contributed by atoms with Gasteiger partial charge in [0.2, 0.25) is 5.91 Å². The summed E-state index contributed by atoms with van der Waals surface area (Å²) in [5, 5.41) is 3.35. The van der Waals surface area contributed by atoms with Crippen LogP contribution in [0.1, 0.15) is 59.3 Å². The fourth-order valence-electron chi connectivity index (χ4n) is 6.04. The Hall–Kier alpha value is -0.790. The van der Waals surface area contributed by atoms with Crippen LogP contribution < -0.4 is 5.32 Å². The molecule has 0 aromatic carbocycles. The van der Waals surface area contributed by atoms with Gasteiger partial charge in [-0.1, -0.05) is 19.9 Å². The Bertz CT molecular complexity index is 393. The lowest BCUT2D eigenvalue weighted by Gasteiger charge is -2.65. The Morgan fingerprint density at radius 1 is 1.11 bits per heavy atom. The van der Waals surface area contributed by atoms with Crippen molar-refractivity contribution in [2.24, 2.45) is 16.7 Å². The molecule has 0 saturated heterocycles. The second-order valence-corrected chi connectivity index (χ2v) is 7.90. The molecular weight excluding hydrogens is 222 g/mol. The summed E-state index contributed by atoms with van der Waals surface area (Å²) in [5.74, 6) is 0.939. The second-order valence-electron chi connectivity index (χ2n) is 7.90. The summed E-state index contributed by atoms with van der Waals surface area (Å²) in [7, 11) is 0. The summed E-state index contributed by atoms with van der Waals surface area (Å²) in [5.41, 5.74) is 1.04. The Labute approximate surface area is 110 Å². The number of hydrogen-bond acceptors (Lipinski definition) is 1. The number of carbonyl (C=O) groups excluding carboxylic acids is 1. The lowest BCUT2D eigenvalue weighted by molar-refractivity contribution is -0.136. The molecule has 2 heteroatoms. The number of rotatable bonds is 2. The van der Waals surface area contributed by atoms with Crippen LogP contribution in [0.3, 0.4) is 0 Å². The minimum Gasteiger partial charge on any atom is -0.347 e. The van der Waals surface area contributed by atoms with E-state index in [1.807, 2.05) is 13.0 Å². The van der Waals surface area contributed by atoms with Crippen LogP contribution in [0.15, 0.2) is 12.2 Å². The molecule has 0 radical (unpaired) electrons. The largest absolute Gasteiger partial charge is 0.347 e. The van der Waals surface area contributed by atoms with Crippen LogP contribution in [0, 0.1) is 16.7 Å². The zero-order chi connectivity index (χ0) is 13.0. The van der Waals surface area contributed by atoms with Gasteiger partial charge in [0.15, 0.2) is 0 Å². The first kappa shape index (κ1) is 12.3. The van der Waals surface area contributed by atoms with E-state index in [0.717, 1.165) is 5.92 Å². The van der Waals surface area contributed by atoms with Gasteiger partial charge in [0, 0.05) is 5.54 Å². The molecule has 0 aromatic heterocycles. The molecule has 100 valence electrons. The normalized spacial score (nSPS) is 49.8. The Balaban J connectivity index is 1.87. The predicted octanol–water partition coefficient (Wildman–Crippen LogP) is 3.43. The molecule has 4 aliphatic rings. The number of allylic oxidation sites excluding steroid dienone is 1. The maximum Gasteiger partial charge on any atom is 0.244 e. The summed E-state index contributed by atoms with van der Waals surface area (Å²) in [6.45, 7) is 6.78. The van der Waals surface area contributed by atoms with Crippen molar-refractivity contribution in [2.45, 2.75) is 64.8 Å². The molecule has 1 N–H and O–H groups in total. The van der Waals surface area contributed by atoms with Crippen molar-refractivity contribution >= 4 is 5.91 Å². The van der Waals surface area contributed by atoms with E-state index < -0.39 is 0 Å². The molecule has 0 aromatic rings. The van der Waals surface area contributed by atoms with Crippen molar-refractivity contribution < 1.29 is 4.79 Å². The summed E-state index contributed by atoms with van der Waals surface area (Å²) in [6, 6.07) is 0. The fraction of sp³-hybridized carbons (Fsp3) is 0.812. The van der Waals surface area contributed by atoms with E-state index in [0.29, 0.717) is 10.8 Å². The molecule has 2 nitrogen and oxygen atoms in total. The highest BCUT2D eigenvalue weighted by Crippen LogP contribution is 2.66. The van der Waals surface area contributed by atoms with Crippen LogP contribution in [0.2, 0.25) is 0 Å². The molecule has 0 heterocycles. The molecule has 4 bridgehead atoms. The van der Waals surface area contributed by atoms with Crippen molar-refractivity contribution in [3.05, 3.63) is 12.2 Å². The fourth-order valence-corrected chi connectivity index (χ4v) is 6.04. The Morgan fingerprint density at radius 2 is 1.72 bits per heavy atom. The average Bonchev–Trinajstić information content (AvgIpc) is 2.09. The third kappa shape index (κ3) is 1.90. The maximum absolute atomic E-state index is 11.9. The molecule has 18 heavy (non-hydrogen) atoms. The van der Waals surface area contributed by atoms with E-state index in [2.05, 4.69) is 19.2 Å². The zero-order valence-corrected chi connectivity index (χ0v) is 11.9. The number of nitrogens with one attached hydrogen (secondary N) is 1. The summed E-state index contributed by atoms with van der Waals surface area (Å²) in [4.78, 5) is 11.9. The first-order chi connectivity index (χ1) is 8.36. The minimum atomic E-state index is 0.0967. The van der Waals surface area contributed by atoms with Gasteiger partial charge >= 0.3 is 0 Å². The highest BCUT2D eigenvalue weighted by Gasteiger charge is 2.60. The Morgan fingerprint density at radius 3 is 2.22 bits per heavy atom. The van der Waals surface area contributed by atoms with Gasteiger partial charge in [0.05, 0.1) is 0 Å². The molecule has 2 unspecified atom stereocenters. The standard InChI is InChI=1S/C16H25NO/c1-4-5-13(18)17-16-8-12-6-14(2,10-16)9-15(3,7-12)11-16/h4-5,12H,6-11H2,1-3H3,(H,17,18). The lowest BCUT2D eigenvalue weighted by Crippen LogP contribution is -2.65. The van der Waals surface area contributed by atoms with Crippen molar-refractivity contribution in [3.8, 4) is 0 Å². The Kier molecular flexibility index (Phi) is 2.46. The van der Waals surface area contributed by atoms with Crippen molar-refractivity contribution in [1.29, 1.82) is 0 Å². The van der Waals surface area contributed by atoms with Gasteiger partial charge in [-0.25, -0.2) is 0 Å². The SMILES string of the molecule is CC=CC(=O)NC12CC3CC(C)(CC(C)(C3)C1)C2. The summed E-state index contributed by atoms with van der Waals surface area (Å²) < 4.78 is 0. The molecule has 4 rings (SSSR count). The van der Waals surface area contributed by atoms with Crippen LogP contribution in [0.25, 0.3) is 0 Å². The second kappa shape index (κ2) is 3.61. The van der Waals surface area contributed by atoms with Gasteiger partial charge in [-0.05, 0) is 68.3 Å². The van der Waals surface area contributed by atoms with E-state index in [1.165, 1.54) is 38.5 Å². The molecule has 0 aliphatic heterocycles. The van der Waals surface area contributed by atoms with Crippen LogP contribution in [-0.4, -0.2) is 11.4 Å². The topological polar surface area (TPSA) is 29.1 Å². The van der Waals surface area contributed by atoms with Crippen molar-refractivity contribution in [2.75, 3.05) is 0 Å². The number of amides is 1. The molecule has 2 atom stereocenters. The van der Waals surface area contributed by atoms with E-state index in [4.69, 9.17) is 0 Å². The summed E-state index contributed by atoms with van der Waals surface area (Å²) >= 11 is 0. The third-order valence-electron chi connectivity index (χ3n) is 5.33. The quantitative estimate of drug-likeness (QED) is 0.744. The van der Waals surface area contributed by atoms with Crippen LogP contribution in [0.5, 0.6) is 0 Å². The maximum atomic E-state index is 11.9. The van der Waals surface area contributed by atoms with Crippen LogP contribution >= 0.6 is 0 Å². The molecule has 0 spiro atoms. The van der Waals surface area contributed by atoms with Crippen molar-refractivity contribution in [1.82, 2.24) is 5.32 Å². The van der Waals surface area contributed by atoms with Gasteiger partial charge in [-0.3, -0.25) is 4.79 Å². The lowest BCUT2D eigenvalue weighted by atomic mass is 9.43. The van der Waals surface area contributed by atoms with Gasteiger partial charge < -0.3 is 5.32 Å². The minimum absolute atomic E-state index is 0.0967. The van der Waals surface area contributed by atoms with Gasteiger partial charge in [0.1, 0.15) is 0 Å². The van der Waals surface area contributed by atoms with E-state index in [-0.39, 0.29) is 11.4 Å². The number of hydrogen-bond donors (Lipinski definition) is 1. The van der Waals surface area contributed by atoms with Crippen LogP contribution in [0.4, 0.5) is 0 Å². The zero-order valence-electron chi connectivity index (χ0n) is 11.9. The van der Waals surface area contributed by atoms with Gasteiger partial charge in [-0.2, -0.15) is 0 Å². The third-order valence-corrected chi connectivity index (χ3v) is 5.33.